The minimum atomic E-state index is -0.521. The van der Waals surface area contributed by atoms with Gasteiger partial charge in [0.1, 0.15) is 18.1 Å². The number of hydrogen-bond donors (Lipinski definition) is 0. The lowest BCUT2D eigenvalue weighted by atomic mass is 10.0. The molecule has 0 aliphatic carbocycles. The van der Waals surface area contributed by atoms with Gasteiger partial charge in [-0.2, -0.15) is 0 Å². The zero-order valence-corrected chi connectivity index (χ0v) is 28.9. The van der Waals surface area contributed by atoms with Gasteiger partial charge in [-0.25, -0.2) is 9.59 Å². The van der Waals surface area contributed by atoms with Crippen molar-refractivity contribution in [3.63, 3.8) is 0 Å². The van der Waals surface area contributed by atoms with Gasteiger partial charge < -0.3 is 18.9 Å². The molecule has 0 heterocycles. The van der Waals surface area contributed by atoms with Crippen molar-refractivity contribution in [2.45, 2.75) is 92.9 Å². The molecule has 2 atom stereocenters. The highest BCUT2D eigenvalue weighted by molar-refractivity contribution is 5.89. The van der Waals surface area contributed by atoms with Gasteiger partial charge in [0.15, 0.2) is 5.78 Å². The van der Waals surface area contributed by atoms with Crippen molar-refractivity contribution < 1.29 is 33.3 Å². The number of hydrogen-bond acceptors (Lipinski definition) is 7. The average molecular weight is 637 g/mol. The minimum Gasteiger partial charge on any atom is -0.493 e. The van der Waals surface area contributed by atoms with Gasteiger partial charge in [0.2, 0.25) is 0 Å². The van der Waals surface area contributed by atoms with Crippen LogP contribution in [0.4, 0.5) is 0 Å². The first kappa shape index (κ1) is 40.2. The van der Waals surface area contributed by atoms with Crippen molar-refractivity contribution in [1.29, 1.82) is 0 Å². The average Bonchev–Trinajstić information content (AvgIpc) is 3.07. The Morgan fingerprint density at radius 2 is 1.04 bits per heavy atom. The summed E-state index contributed by atoms with van der Waals surface area (Å²) >= 11 is 0. The Kier molecular flexibility index (Phi) is 22.1. The van der Waals surface area contributed by atoms with E-state index in [2.05, 4.69) is 27.7 Å². The Labute approximate surface area is 277 Å². The molecule has 2 aromatic carbocycles. The van der Waals surface area contributed by atoms with Crippen molar-refractivity contribution in [3.05, 3.63) is 71.8 Å². The van der Waals surface area contributed by atoms with E-state index in [9.17, 15) is 14.4 Å². The van der Waals surface area contributed by atoms with Crippen LogP contribution in [0.25, 0.3) is 12.2 Å². The van der Waals surface area contributed by atoms with Crippen LogP contribution < -0.4 is 9.47 Å². The standard InChI is InChI=1S/C20H28O4.C19H28O3/c1-4-6-7-17(5-2)15-23-19-11-8-18(9-12-19)10-13-20(22)24-14-16(3)21;1-4-7-8-16(5-2)15-22-18-12-9-17(10-13-18)11-14-19(20)21-6-3/h8-13,17H,4-7,14-15H2,1-3H3;9-14,16H,4-8,15H2,1-3H3/b13-10+;14-11+. The Bertz CT molecular complexity index is 1170. The second-order valence-electron chi connectivity index (χ2n) is 11.3. The molecule has 254 valence electrons. The number of rotatable bonds is 21. The molecule has 0 saturated heterocycles. The van der Waals surface area contributed by atoms with Crippen molar-refractivity contribution in [1.82, 2.24) is 0 Å². The first-order valence-corrected chi connectivity index (χ1v) is 16.9. The smallest absolute Gasteiger partial charge is 0.331 e. The van der Waals surface area contributed by atoms with E-state index in [0.717, 1.165) is 48.7 Å². The summed E-state index contributed by atoms with van der Waals surface area (Å²) in [4.78, 5) is 33.4. The Balaban J connectivity index is 0.000000462. The molecule has 2 unspecified atom stereocenters. The number of unbranched alkanes of at least 4 members (excludes halogenated alkanes) is 2. The second-order valence-corrected chi connectivity index (χ2v) is 11.3. The zero-order valence-electron chi connectivity index (χ0n) is 28.9. The molecule has 0 N–H and O–H groups in total. The number of ketones is 1. The Morgan fingerprint density at radius 3 is 1.39 bits per heavy atom. The Hall–Kier alpha value is -3.87. The topological polar surface area (TPSA) is 88.1 Å². The number of carbonyl (C=O) groups excluding carboxylic acids is 3. The van der Waals surface area contributed by atoms with Crippen LogP contribution >= 0.6 is 0 Å². The molecule has 0 amide bonds. The number of carbonyl (C=O) groups is 3. The van der Waals surface area contributed by atoms with Gasteiger partial charge in [-0.05, 0) is 86.1 Å². The van der Waals surface area contributed by atoms with Crippen molar-refractivity contribution >= 4 is 29.9 Å². The van der Waals surface area contributed by atoms with Crippen LogP contribution in [-0.2, 0) is 23.9 Å². The molecular formula is C39H56O7. The van der Waals surface area contributed by atoms with E-state index in [1.807, 2.05) is 48.5 Å². The third kappa shape index (κ3) is 19.5. The predicted molar refractivity (Wildman–Crippen MR) is 187 cm³/mol. The quantitative estimate of drug-likeness (QED) is 0.0997. The monoisotopic (exact) mass is 636 g/mol. The zero-order chi connectivity index (χ0) is 34.0. The number of benzene rings is 2. The molecule has 0 saturated carbocycles. The van der Waals surface area contributed by atoms with Gasteiger partial charge >= 0.3 is 11.9 Å². The largest absolute Gasteiger partial charge is 0.493 e. The van der Waals surface area contributed by atoms with Crippen LogP contribution in [0.1, 0.15) is 104 Å². The predicted octanol–water partition coefficient (Wildman–Crippen LogP) is 9.29. The van der Waals surface area contributed by atoms with E-state index in [1.54, 1.807) is 19.1 Å². The van der Waals surface area contributed by atoms with Gasteiger partial charge in [-0.3, -0.25) is 4.79 Å². The lowest BCUT2D eigenvalue weighted by Gasteiger charge is -2.15. The van der Waals surface area contributed by atoms with Gasteiger partial charge in [-0.1, -0.05) is 90.5 Å². The van der Waals surface area contributed by atoms with Crippen LogP contribution in [0.3, 0.4) is 0 Å². The van der Waals surface area contributed by atoms with Crippen molar-refractivity contribution in [3.8, 4) is 11.5 Å². The van der Waals surface area contributed by atoms with Crippen LogP contribution in [-0.4, -0.2) is 44.1 Å². The van der Waals surface area contributed by atoms with E-state index in [4.69, 9.17) is 18.9 Å². The third-order valence-electron chi connectivity index (χ3n) is 7.35. The molecular weight excluding hydrogens is 580 g/mol. The summed E-state index contributed by atoms with van der Waals surface area (Å²) in [7, 11) is 0. The molecule has 0 aliphatic rings. The van der Waals surface area contributed by atoms with E-state index < -0.39 is 5.97 Å². The van der Waals surface area contributed by atoms with Gasteiger partial charge in [0, 0.05) is 12.2 Å². The molecule has 0 aromatic heterocycles. The van der Waals surface area contributed by atoms with Gasteiger partial charge in [0.25, 0.3) is 0 Å². The molecule has 2 rings (SSSR count). The van der Waals surface area contributed by atoms with Gasteiger partial charge in [-0.15, -0.1) is 0 Å². The molecule has 7 nitrogen and oxygen atoms in total. The Morgan fingerprint density at radius 1 is 0.630 bits per heavy atom. The lowest BCUT2D eigenvalue weighted by molar-refractivity contribution is -0.142. The fourth-order valence-corrected chi connectivity index (χ4v) is 4.31. The van der Waals surface area contributed by atoms with E-state index in [0.29, 0.717) is 18.4 Å². The number of esters is 2. The molecule has 0 aliphatic heterocycles. The summed E-state index contributed by atoms with van der Waals surface area (Å²) in [6.07, 6.45) is 15.8. The maximum atomic E-state index is 11.4. The van der Waals surface area contributed by atoms with E-state index in [-0.39, 0.29) is 18.4 Å². The minimum absolute atomic E-state index is 0.178. The first-order valence-electron chi connectivity index (χ1n) is 16.9. The first-order chi connectivity index (χ1) is 22.2. The molecule has 0 spiro atoms. The van der Waals surface area contributed by atoms with E-state index in [1.165, 1.54) is 57.6 Å². The maximum Gasteiger partial charge on any atom is 0.331 e. The lowest BCUT2D eigenvalue weighted by Crippen LogP contribution is -2.11. The highest BCUT2D eigenvalue weighted by Gasteiger charge is 2.08. The van der Waals surface area contributed by atoms with Crippen molar-refractivity contribution in [2.75, 3.05) is 26.4 Å². The van der Waals surface area contributed by atoms with E-state index >= 15 is 0 Å². The summed E-state index contributed by atoms with van der Waals surface area (Å²) in [6, 6.07) is 15.3. The van der Waals surface area contributed by atoms with Crippen molar-refractivity contribution in [2.24, 2.45) is 11.8 Å². The number of ether oxygens (including phenoxy) is 4. The summed E-state index contributed by atoms with van der Waals surface area (Å²) < 4.78 is 21.3. The highest BCUT2D eigenvalue weighted by atomic mass is 16.5. The van der Waals surface area contributed by atoms with Crippen LogP contribution in [0.15, 0.2) is 60.7 Å². The summed E-state index contributed by atoms with van der Waals surface area (Å²) in [6.45, 7) is 13.7. The molecule has 46 heavy (non-hydrogen) atoms. The van der Waals surface area contributed by atoms with Crippen LogP contribution in [0.2, 0.25) is 0 Å². The van der Waals surface area contributed by atoms with Crippen LogP contribution in [0, 0.1) is 11.8 Å². The SMILES string of the molecule is CCCCC(CC)COc1ccc(/C=C/C(=O)OCC(C)=O)cc1.CCCCC(CC)COc1ccc(/C=C/C(=O)OCC)cc1. The highest BCUT2D eigenvalue weighted by Crippen LogP contribution is 2.19. The van der Waals surface area contributed by atoms with Crippen LogP contribution in [0.5, 0.6) is 11.5 Å². The number of Topliss-reactive ketones (excluding diaryl/α,β-unsaturated/α-hetero) is 1. The van der Waals surface area contributed by atoms with Gasteiger partial charge in [0.05, 0.1) is 19.8 Å². The summed E-state index contributed by atoms with van der Waals surface area (Å²) in [5, 5.41) is 0. The normalized spacial score (nSPS) is 12.2. The fourth-order valence-electron chi connectivity index (χ4n) is 4.31. The molecule has 2 aromatic rings. The third-order valence-corrected chi connectivity index (χ3v) is 7.35. The fraction of sp³-hybridized carbons (Fsp3) is 0.513. The summed E-state index contributed by atoms with van der Waals surface area (Å²) in [5.74, 6) is 1.92. The molecule has 0 radical (unpaired) electrons. The second kappa shape index (κ2) is 25.3. The molecule has 0 bridgehead atoms. The summed E-state index contributed by atoms with van der Waals surface area (Å²) in [5.41, 5.74) is 1.83. The molecule has 7 heteroatoms. The molecule has 0 fully saturated rings. The maximum absolute atomic E-state index is 11.4.